The van der Waals surface area contributed by atoms with Crippen LogP contribution < -0.4 is 0 Å². The van der Waals surface area contributed by atoms with Crippen molar-refractivity contribution < 1.29 is 9.50 Å². The minimum absolute atomic E-state index is 0.00114. The number of rotatable bonds is 3. The molecule has 0 saturated carbocycles. The third-order valence-electron chi connectivity index (χ3n) is 2.27. The van der Waals surface area contributed by atoms with Crippen LogP contribution in [0.4, 0.5) is 4.39 Å². The van der Waals surface area contributed by atoms with E-state index in [9.17, 15) is 4.39 Å². The van der Waals surface area contributed by atoms with Crippen molar-refractivity contribution in [3.8, 4) is 17.3 Å². The normalized spacial score (nSPS) is 10.2. The van der Waals surface area contributed by atoms with E-state index in [1.165, 1.54) is 16.8 Å². The van der Waals surface area contributed by atoms with E-state index in [1.54, 1.807) is 12.1 Å². The molecule has 1 aromatic heterocycles. The first-order valence-corrected chi connectivity index (χ1v) is 4.92. The largest absolute Gasteiger partial charge is 0.390 e. The van der Waals surface area contributed by atoms with Gasteiger partial charge >= 0.3 is 0 Å². The lowest BCUT2D eigenvalue weighted by atomic mass is 10.1. The first-order valence-electron chi connectivity index (χ1n) is 4.92. The molecule has 2 rings (SSSR count). The number of aromatic nitrogens is 3. The number of halogens is 1. The van der Waals surface area contributed by atoms with Gasteiger partial charge in [-0.25, -0.2) is 9.07 Å². The Bertz CT molecular complexity index is 573. The second kappa shape index (κ2) is 4.72. The Kier molecular flexibility index (Phi) is 3.12. The smallest absolute Gasteiger partial charge is 0.130 e. The molecule has 0 atom stereocenters. The number of benzene rings is 1. The maximum absolute atomic E-state index is 13.1. The van der Waals surface area contributed by atoms with Crippen LogP contribution in [0.2, 0.25) is 0 Å². The molecule has 0 unspecified atom stereocenters. The van der Waals surface area contributed by atoms with E-state index in [4.69, 9.17) is 10.4 Å². The van der Waals surface area contributed by atoms with Crippen molar-refractivity contribution in [3.05, 3.63) is 35.8 Å². The van der Waals surface area contributed by atoms with Gasteiger partial charge in [0.2, 0.25) is 0 Å². The quantitative estimate of drug-likeness (QED) is 0.859. The van der Waals surface area contributed by atoms with Gasteiger partial charge in [-0.05, 0) is 12.1 Å². The molecule has 1 heterocycles. The predicted molar refractivity (Wildman–Crippen MR) is 57.0 cm³/mol. The lowest BCUT2D eigenvalue weighted by Crippen LogP contribution is -2.01. The van der Waals surface area contributed by atoms with Crippen molar-refractivity contribution in [2.24, 2.45) is 0 Å². The van der Waals surface area contributed by atoms with Crippen LogP contribution in [0.5, 0.6) is 0 Å². The van der Waals surface area contributed by atoms with E-state index in [-0.39, 0.29) is 13.2 Å². The van der Waals surface area contributed by atoms with Gasteiger partial charge in [-0.1, -0.05) is 17.3 Å². The molecule has 0 saturated heterocycles. The van der Waals surface area contributed by atoms with Gasteiger partial charge in [0, 0.05) is 5.56 Å². The maximum atomic E-state index is 13.1. The molecular weight excluding hydrogens is 223 g/mol. The van der Waals surface area contributed by atoms with Crippen molar-refractivity contribution in [1.82, 2.24) is 15.0 Å². The SMILES string of the molecule is N#CCn1nnc(CO)c1-c1cccc(F)c1. The summed E-state index contributed by atoms with van der Waals surface area (Å²) in [6.45, 7) is -0.309. The number of nitrogens with zero attached hydrogens (tertiary/aromatic N) is 4. The monoisotopic (exact) mass is 232 g/mol. The van der Waals surface area contributed by atoms with E-state index in [0.29, 0.717) is 17.0 Å². The summed E-state index contributed by atoms with van der Waals surface area (Å²) in [6.07, 6.45) is 0. The molecule has 0 spiro atoms. The van der Waals surface area contributed by atoms with Crippen LogP contribution in [0.15, 0.2) is 24.3 Å². The summed E-state index contributed by atoms with van der Waals surface area (Å²) in [6, 6.07) is 7.79. The molecule has 0 aliphatic rings. The molecular formula is C11H9FN4O. The molecule has 0 radical (unpaired) electrons. The average molecular weight is 232 g/mol. The van der Waals surface area contributed by atoms with Crippen molar-refractivity contribution in [2.75, 3.05) is 0 Å². The first kappa shape index (κ1) is 11.2. The summed E-state index contributed by atoms with van der Waals surface area (Å²) in [5.41, 5.74) is 1.33. The number of hydrogen-bond acceptors (Lipinski definition) is 4. The number of aliphatic hydroxyl groups is 1. The zero-order chi connectivity index (χ0) is 12.3. The second-order valence-electron chi connectivity index (χ2n) is 3.37. The van der Waals surface area contributed by atoms with E-state index < -0.39 is 5.82 Å². The van der Waals surface area contributed by atoms with Crippen LogP contribution in [0.25, 0.3) is 11.3 Å². The molecule has 2 aromatic rings. The Labute approximate surface area is 96.7 Å². The molecule has 0 aliphatic heterocycles. The second-order valence-corrected chi connectivity index (χ2v) is 3.37. The van der Waals surface area contributed by atoms with Gasteiger partial charge in [-0.3, -0.25) is 0 Å². The third-order valence-corrected chi connectivity index (χ3v) is 2.27. The summed E-state index contributed by atoms with van der Waals surface area (Å²) in [5.74, 6) is -0.393. The number of nitriles is 1. The topological polar surface area (TPSA) is 74.7 Å². The van der Waals surface area contributed by atoms with Gasteiger partial charge in [-0.2, -0.15) is 5.26 Å². The highest BCUT2D eigenvalue weighted by atomic mass is 19.1. The van der Waals surface area contributed by atoms with E-state index in [1.807, 2.05) is 6.07 Å². The van der Waals surface area contributed by atoms with Crippen LogP contribution in [0.1, 0.15) is 5.69 Å². The summed E-state index contributed by atoms with van der Waals surface area (Å²) in [7, 11) is 0. The number of aliphatic hydroxyl groups excluding tert-OH is 1. The molecule has 1 aromatic carbocycles. The fourth-order valence-corrected chi connectivity index (χ4v) is 1.58. The molecule has 5 nitrogen and oxygen atoms in total. The number of hydrogen-bond donors (Lipinski definition) is 1. The Balaban J connectivity index is 2.56. The van der Waals surface area contributed by atoms with Crippen LogP contribution in [0, 0.1) is 17.1 Å². The third kappa shape index (κ3) is 2.14. The van der Waals surface area contributed by atoms with Crippen molar-refractivity contribution in [1.29, 1.82) is 5.26 Å². The van der Waals surface area contributed by atoms with Crippen LogP contribution in [0.3, 0.4) is 0 Å². The van der Waals surface area contributed by atoms with E-state index in [2.05, 4.69) is 10.3 Å². The van der Waals surface area contributed by atoms with Crippen LogP contribution in [-0.2, 0) is 13.2 Å². The maximum Gasteiger partial charge on any atom is 0.130 e. The van der Waals surface area contributed by atoms with Gasteiger partial charge in [0.1, 0.15) is 18.1 Å². The lowest BCUT2D eigenvalue weighted by Gasteiger charge is -2.04. The van der Waals surface area contributed by atoms with Gasteiger partial charge in [0.15, 0.2) is 0 Å². The van der Waals surface area contributed by atoms with Gasteiger partial charge in [0.05, 0.1) is 18.4 Å². The Morgan fingerprint density at radius 2 is 2.29 bits per heavy atom. The Morgan fingerprint density at radius 1 is 1.47 bits per heavy atom. The fourth-order valence-electron chi connectivity index (χ4n) is 1.58. The molecule has 0 fully saturated rings. The summed E-state index contributed by atoms with van der Waals surface area (Å²) >= 11 is 0. The molecule has 1 N–H and O–H groups in total. The van der Waals surface area contributed by atoms with Gasteiger partial charge < -0.3 is 5.11 Å². The highest BCUT2D eigenvalue weighted by Gasteiger charge is 2.14. The van der Waals surface area contributed by atoms with E-state index in [0.717, 1.165) is 0 Å². The summed E-state index contributed by atoms with van der Waals surface area (Å²) < 4.78 is 14.5. The Morgan fingerprint density at radius 3 is 2.94 bits per heavy atom. The fraction of sp³-hybridized carbons (Fsp3) is 0.182. The molecule has 86 valence electrons. The lowest BCUT2D eigenvalue weighted by molar-refractivity contribution is 0.277. The zero-order valence-electron chi connectivity index (χ0n) is 8.84. The minimum atomic E-state index is -0.393. The molecule has 0 amide bonds. The van der Waals surface area contributed by atoms with Gasteiger partial charge in [0.25, 0.3) is 0 Å². The molecule has 17 heavy (non-hydrogen) atoms. The van der Waals surface area contributed by atoms with Crippen molar-refractivity contribution in [3.63, 3.8) is 0 Å². The van der Waals surface area contributed by atoms with Crippen molar-refractivity contribution in [2.45, 2.75) is 13.2 Å². The minimum Gasteiger partial charge on any atom is -0.390 e. The standard InChI is InChI=1S/C11H9FN4O/c12-9-3-1-2-8(6-9)11-10(7-17)14-15-16(11)5-4-13/h1-3,6,17H,5,7H2. The highest BCUT2D eigenvalue weighted by Crippen LogP contribution is 2.22. The molecule has 6 heteroatoms. The summed E-state index contributed by atoms with van der Waals surface area (Å²) in [5, 5.41) is 25.3. The van der Waals surface area contributed by atoms with E-state index >= 15 is 0 Å². The molecule has 0 bridgehead atoms. The van der Waals surface area contributed by atoms with Crippen molar-refractivity contribution >= 4 is 0 Å². The summed E-state index contributed by atoms with van der Waals surface area (Å²) in [4.78, 5) is 0. The first-order chi connectivity index (χ1) is 8.26. The molecule has 0 aliphatic carbocycles. The van der Waals surface area contributed by atoms with Crippen LogP contribution >= 0.6 is 0 Å². The highest BCUT2D eigenvalue weighted by molar-refractivity contribution is 5.61. The predicted octanol–water partition coefficient (Wildman–Crippen LogP) is 1.10. The average Bonchev–Trinajstić information content (AvgIpc) is 2.72. The zero-order valence-corrected chi connectivity index (χ0v) is 8.84. The van der Waals surface area contributed by atoms with Gasteiger partial charge in [-0.15, -0.1) is 5.10 Å². The Hall–Kier alpha value is -2.26. The van der Waals surface area contributed by atoms with Crippen LogP contribution in [-0.4, -0.2) is 20.1 Å².